The molecule has 0 amide bonds. The number of rotatable bonds is 3. The van der Waals surface area contributed by atoms with E-state index in [1.807, 2.05) is 36.4 Å². The smallest absolute Gasteiger partial charge is 0.318 e. The van der Waals surface area contributed by atoms with Gasteiger partial charge in [-0.25, -0.2) is 0 Å². The van der Waals surface area contributed by atoms with Gasteiger partial charge in [-0.05, 0) is 23.6 Å². The zero-order valence-electron chi connectivity index (χ0n) is 10.5. The van der Waals surface area contributed by atoms with Gasteiger partial charge in [-0.2, -0.15) is 0 Å². The normalized spacial score (nSPS) is 22.5. The van der Waals surface area contributed by atoms with Crippen molar-refractivity contribution in [3.63, 3.8) is 0 Å². The molecule has 2 rings (SSSR count). The molecule has 4 heteroatoms. The number of alkyl halides is 1. The van der Waals surface area contributed by atoms with E-state index in [-0.39, 0.29) is 5.97 Å². The number of hydrogen-bond acceptors (Lipinski definition) is 2. The predicted octanol–water partition coefficient (Wildman–Crippen LogP) is 4.15. The van der Waals surface area contributed by atoms with Gasteiger partial charge >= 0.3 is 5.97 Å². The molecule has 1 unspecified atom stereocenters. The van der Waals surface area contributed by atoms with E-state index < -0.39 is 5.41 Å². The first kappa shape index (κ1) is 14.4. The number of methoxy groups -OCH3 is 1. The van der Waals surface area contributed by atoms with Gasteiger partial charge in [0, 0.05) is 10.4 Å². The zero-order valence-corrected chi connectivity index (χ0v) is 12.9. The summed E-state index contributed by atoms with van der Waals surface area (Å²) in [6.07, 6.45) is 4.28. The standard InChI is InChI=1S/C15H14BrClO2/c1-19-14(18)15(10-16)9-12(7-8-13(15)17)11-5-3-2-4-6-11/h2-8H,9-10H2,1H3. The van der Waals surface area contributed by atoms with E-state index in [2.05, 4.69) is 15.9 Å². The summed E-state index contributed by atoms with van der Waals surface area (Å²) in [5.74, 6) is -0.313. The SMILES string of the molecule is COC(=O)C1(CBr)CC(c2ccccc2)=CC=C1Cl. The summed E-state index contributed by atoms with van der Waals surface area (Å²) >= 11 is 9.65. The Kier molecular flexibility index (Phi) is 4.48. The molecule has 0 aromatic heterocycles. The zero-order chi connectivity index (χ0) is 13.9. The van der Waals surface area contributed by atoms with Crippen molar-refractivity contribution in [1.29, 1.82) is 0 Å². The first-order chi connectivity index (χ1) is 9.14. The number of benzene rings is 1. The molecular weight excluding hydrogens is 328 g/mol. The highest BCUT2D eigenvalue weighted by Gasteiger charge is 2.44. The Labute approximate surface area is 126 Å². The number of carbonyl (C=O) groups is 1. The van der Waals surface area contributed by atoms with Crippen molar-refractivity contribution < 1.29 is 9.53 Å². The van der Waals surface area contributed by atoms with Crippen molar-refractivity contribution in [3.8, 4) is 0 Å². The van der Waals surface area contributed by atoms with Crippen LogP contribution < -0.4 is 0 Å². The molecule has 0 spiro atoms. The van der Waals surface area contributed by atoms with Crippen LogP contribution in [-0.2, 0) is 9.53 Å². The first-order valence-corrected chi connectivity index (χ1v) is 7.40. The van der Waals surface area contributed by atoms with E-state index >= 15 is 0 Å². The highest BCUT2D eigenvalue weighted by molar-refractivity contribution is 9.09. The maximum atomic E-state index is 12.1. The third kappa shape index (κ3) is 2.63. The second-order valence-electron chi connectivity index (χ2n) is 4.46. The lowest BCUT2D eigenvalue weighted by Crippen LogP contribution is -2.36. The number of allylic oxidation sites excluding steroid dienone is 3. The van der Waals surface area contributed by atoms with Gasteiger partial charge in [0.1, 0.15) is 5.41 Å². The van der Waals surface area contributed by atoms with Crippen LogP contribution in [0.2, 0.25) is 0 Å². The first-order valence-electron chi connectivity index (χ1n) is 5.90. The number of esters is 1. The van der Waals surface area contributed by atoms with Crippen molar-refractivity contribution in [3.05, 3.63) is 53.1 Å². The van der Waals surface area contributed by atoms with Crippen molar-refractivity contribution in [1.82, 2.24) is 0 Å². The van der Waals surface area contributed by atoms with Gasteiger partial charge in [0.05, 0.1) is 7.11 Å². The minimum Gasteiger partial charge on any atom is -0.468 e. The van der Waals surface area contributed by atoms with Gasteiger partial charge in [-0.15, -0.1) is 0 Å². The maximum Gasteiger partial charge on any atom is 0.318 e. The van der Waals surface area contributed by atoms with Crippen molar-refractivity contribution in [2.45, 2.75) is 6.42 Å². The van der Waals surface area contributed by atoms with Gasteiger partial charge in [-0.3, -0.25) is 4.79 Å². The molecule has 0 heterocycles. The quantitative estimate of drug-likeness (QED) is 0.610. The van der Waals surface area contributed by atoms with Crippen LogP contribution >= 0.6 is 27.5 Å². The molecule has 1 aliphatic carbocycles. The van der Waals surface area contributed by atoms with Crippen LogP contribution in [0.4, 0.5) is 0 Å². The van der Waals surface area contributed by atoms with E-state index in [1.54, 1.807) is 6.08 Å². The molecule has 1 aliphatic rings. The van der Waals surface area contributed by atoms with E-state index in [4.69, 9.17) is 16.3 Å². The van der Waals surface area contributed by atoms with E-state index in [9.17, 15) is 4.79 Å². The van der Waals surface area contributed by atoms with Crippen LogP contribution in [0.25, 0.3) is 5.57 Å². The van der Waals surface area contributed by atoms with Gasteiger partial charge in [0.25, 0.3) is 0 Å². The van der Waals surface area contributed by atoms with Crippen molar-refractivity contribution >= 4 is 39.1 Å². The summed E-state index contributed by atoms with van der Waals surface area (Å²) in [6, 6.07) is 9.96. The second-order valence-corrected chi connectivity index (χ2v) is 5.42. The molecule has 100 valence electrons. The summed E-state index contributed by atoms with van der Waals surface area (Å²) in [6.45, 7) is 0. The van der Waals surface area contributed by atoms with Crippen LogP contribution in [0.15, 0.2) is 47.5 Å². The summed E-state index contributed by atoms with van der Waals surface area (Å²) in [7, 11) is 1.39. The number of carbonyl (C=O) groups excluding carboxylic acids is 1. The van der Waals surface area contributed by atoms with Gasteiger partial charge in [0.2, 0.25) is 0 Å². The Hall–Kier alpha value is -1.06. The molecule has 0 N–H and O–H groups in total. The lowest BCUT2D eigenvalue weighted by molar-refractivity contribution is -0.148. The molecule has 0 saturated heterocycles. The summed E-state index contributed by atoms with van der Waals surface area (Å²) in [5.41, 5.74) is 1.35. The number of hydrogen-bond donors (Lipinski definition) is 0. The molecule has 1 atom stereocenters. The van der Waals surface area contributed by atoms with Crippen LogP contribution in [0.5, 0.6) is 0 Å². The monoisotopic (exact) mass is 340 g/mol. The summed E-state index contributed by atoms with van der Waals surface area (Å²) in [5, 5.41) is 0.947. The second kappa shape index (κ2) is 5.93. The van der Waals surface area contributed by atoms with Crippen LogP contribution in [0.3, 0.4) is 0 Å². The molecular formula is C15H14BrClO2. The molecule has 0 radical (unpaired) electrons. The fraction of sp³-hybridized carbons (Fsp3) is 0.267. The fourth-order valence-corrected chi connectivity index (χ4v) is 3.35. The Balaban J connectivity index is 2.41. The lowest BCUT2D eigenvalue weighted by Gasteiger charge is -2.32. The summed E-state index contributed by atoms with van der Waals surface area (Å²) in [4.78, 5) is 12.1. The Morgan fingerprint density at radius 2 is 2.05 bits per heavy atom. The minimum absolute atomic E-state index is 0.313. The van der Waals surface area contributed by atoms with E-state index in [0.29, 0.717) is 16.8 Å². The van der Waals surface area contributed by atoms with Crippen LogP contribution in [0.1, 0.15) is 12.0 Å². The molecule has 2 nitrogen and oxygen atoms in total. The highest BCUT2D eigenvalue weighted by Crippen LogP contribution is 2.45. The fourth-order valence-electron chi connectivity index (χ4n) is 2.18. The number of halogens is 2. The van der Waals surface area contributed by atoms with Crippen molar-refractivity contribution in [2.24, 2.45) is 5.41 Å². The Bertz CT molecular complexity index is 536. The molecule has 0 bridgehead atoms. The summed E-state index contributed by atoms with van der Waals surface area (Å²) < 4.78 is 4.92. The average molecular weight is 342 g/mol. The largest absolute Gasteiger partial charge is 0.468 e. The topological polar surface area (TPSA) is 26.3 Å². The molecule has 0 fully saturated rings. The molecule has 0 saturated carbocycles. The predicted molar refractivity (Wildman–Crippen MR) is 81.2 cm³/mol. The molecule has 19 heavy (non-hydrogen) atoms. The van der Waals surface area contributed by atoms with Gasteiger partial charge in [-0.1, -0.05) is 63.9 Å². The number of ether oxygens (including phenoxy) is 1. The molecule has 0 aliphatic heterocycles. The van der Waals surface area contributed by atoms with Crippen LogP contribution in [-0.4, -0.2) is 18.4 Å². The Morgan fingerprint density at radius 1 is 1.37 bits per heavy atom. The maximum absolute atomic E-state index is 12.1. The highest BCUT2D eigenvalue weighted by atomic mass is 79.9. The Morgan fingerprint density at radius 3 is 2.63 bits per heavy atom. The van der Waals surface area contributed by atoms with Gasteiger partial charge < -0.3 is 4.74 Å². The van der Waals surface area contributed by atoms with E-state index in [0.717, 1.165) is 11.1 Å². The molecule has 1 aromatic rings. The third-order valence-corrected chi connectivity index (χ3v) is 4.77. The third-order valence-electron chi connectivity index (χ3n) is 3.33. The minimum atomic E-state index is -0.823. The molecule has 1 aromatic carbocycles. The van der Waals surface area contributed by atoms with Gasteiger partial charge in [0.15, 0.2) is 0 Å². The van der Waals surface area contributed by atoms with Crippen molar-refractivity contribution in [2.75, 3.05) is 12.4 Å². The van der Waals surface area contributed by atoms with Crippen LogP contribution in [0, 0.1) is 5.41 Å². The average Bonchev–Trinajstić information content (AvgIpc) is 2.48. The lowest BCUT2D eigenvalue weighted by atomic mass is 9.78. The van der Waals surface area contributed by atoms with E-state index in [1.165, 1.54) is 7.11 Å².